The average molecular weight is 186 g/mol. The van der Waals surface area contributed by atoms with Gasteiger partial charge >= 0.3 is 5.97 Å². The lowest BCUT2D eigenvalue weighted by Gasteiger charge is -2.24. The minimum absolute atomic E-state index is 0.225. The second-order valence-electron chi connectivity index (χ2n) is 3.35. The fourth-order valence-electron chi connectivity index (χ4n) is 1.19. The molecular formula is C9H14O4. The zero-order chi connectivity index (χ0) is 10.0. The summed E-state index contributed by atoms with van der Waals surface area (Å²) in [5.74, 6) is -0.446. The number of aliphatic hydroxyl groups is 2. The molecule has 0 saturated heterocycles. The van der Waals surface area contributed by atoms with Crippen molar-refractivity contribution >= 4 is 5.97 Å². The molecule has 1 heterocycles. The van der Waals surface area contributed by atoms with Gasteiger partial charge in [-0.25, -0.2) is 4.79 Å². The average Bonchev–Trinajstić information content (AvgIpc) is 1.99. The first kappa shape index (κ1) is 10.2. The third-order valence-corrected chi connectivity index (χ3v) is 1.92. The Hall–Kier alpha value is -0.870. The van der Waals surface area contributed by atoms with Gasteiger partial charge in [0.15, 0.2) is 0 Å². The summed E-state index contributed by atoms with van der Waals surface area (Å²) < 4.78 is 4.84. The van der Waals surface area contributed by atoms with Gasteiger partial charge in [-0.3, -0.25) is 0 Å². The molecule has 0 unspecified atom stereocenters. The number of esters is 1. The highest BCUT2D eigenvalue weighted by atomic mass is 16.6. The number of aliphatic hydroxyl groups excluding tert-OH is 2. The largest absolute Gasteiger partial charge is 0.456 e. The molecule has 2 N–H and O–H groups in total. The Balaban J connectivity index is 2.72. The molecule has 3 atom stereocenters. The quantitative estimate of drug-likeness (QED) is 0.595. The van der Waals surface area contributed by atoms with Crippen LogP contribution in [-0.4, -0.2) is 34.5 Å². The van der Waals surface area contributed by atoms with Crippen molar-refractivity contribution in [1.82, 2.24) is 0 Å². The minimum Gasteiger partial charge on any atom is -0.456 e. The van der Waals surface area contributed by atoms with Gasteiger partial charge in [-0.1, -0.05) is 0 Å². The SMILES string of the molecule is C[C@@H]1OC(=O)C(C[C@@H](C)O)=C[C@H]1O. The van der Waals surface area contributed by atoms with Crippen LogP contribution in [0, 0.1) is 0 Å². The highest BCUT2D eigenvalue weighted by molar-refractivity contribution is 5.89. The minimum atomic E-state index is -0.758. The highest BCUT2D eigenvalue weighted by Gasteiger charge is 2.26. The number of ether oxygens (including phenoxy) is 1. The van der Waals surface area contributed by atoms with Crippen molar-refractivity contribution in [2.24, 2.45) is 0 Å². The third kappa shape index (κ3) is 2.54. The van der Waals surface area contributed by atoms with Crippen LogP contribution in [0.15, 0.2) is 11.6 Å². The maximum absolute atomic E-state index is 11.2. The molecule has 1 rings (SSSR count). The van der Waals surface area contributed by atoms with Crippen molar-refractivity contribution in [3.8, 4) is 0 Å². The third-order valence-electron chi connectivity index (χ3n) is 1.92. The predicted molar refractivity (Wildman–Crippen MR) is 45.9 cm³/mol. The molecule has 13 heavy (non-hydrogen) atoms. The monoisotopic (exact) mass is 186 g/mol. The van der Waals surface area contributed by atoms with Crippen molar-refractivity contribution < 1.29 is 19.7 Å². The molecule has 74 valence electrons. The van der Waals surface area contributed by atoms with Crippen LogP contribution in [0.25, 0.3) is 0 Å². The lowest BCUT2D eigenvalue weighted by Crippen LogP contribution is -2.33. The van der Waals surface area contributed by atoms with Crippen LogP contribution in [0.5, 0.6) is 0 Å². The van der Waals surface area contributed by atoms with Crippen LogP contribution in [0.3, 0.4) is 0 Å². The molecule has 0 aromatic heterocycles. The first-order valence-corrected chi connectivity index (χ1v) is 4.28. The normalized spacial score (nSPS) is 30.8. The summed E-state index contributed by atoms with van der Waals surface area (Å²) in [4.78, 5) is 11.2. The summed E-state index contributed by atoms with van der Waals surface area (Å²) in [5, 5.41) is 18.4. The van der Waals surface area contributed by atoms with Crippen molar-refractivity contribution in [3.05, 3.63) is 11.6 Å². The summed E-state index contributed by atoms with van der Waals surface area (Å²) in [6.07, 6.45) is -0.178. The van der Waals surface area contributed by atoms with E-state index in [9.17, 15) is 9.90 Å². The molecule has 4 nitrogen and oxygen atoms in total. The zero-order valence-electron chi connectivity index (χ0n) is 7.73. The van der Waals surface area contributed by atoms with Crippen molar-refractivity contribution in [1.29, 1.82) is 0 Å². The number of hydrogen-bond donors (Lipinski definition) is 2. The molecule has 0 amide bonds. The van der Waals surface area contributed by atoms with Crippen molar-refractivity contribution in [2.45, 2.75) is 38.6 Å². The van der Waals surface area contributed by atoms with E-state index in [1.807, 2.05) is 0 Å². The number of hydrogen-bond acceptors (Lipinski definition) is 4. The summed E-state index contributed by atoms with van der Waals surface area (Å²) in [7, 11) is 0. The highest BCUT2D eigenvalue weighted by Crippen LogP contribution is 2.18. The Morgan fingerprint density at radius 1 is 1.69 bits per heavy atom. The van der Waals surface area contributed by atoms with Crippen molar-refractivity contribution in [3.63, 3.8) is 0 Å². The fourth-order valence-corrected chi connectivity index (χ4v) is 1.19. The Bertz CT molecular complexity index is 232. The second-order valence-corrected chi connectivity index (χ2v) is 3.35. The Kier molecular flexibility index (Phi) is 3.06. The van der Waals surface area contributed by atoms with Crippen molar-refractivity contribution in [2.75, 3.05) is 0 Å². The first-order valence-electron chi connectivity index (χ1n) is 4.28. The van der Waals surface area contributed by atoms with Crippen LogP contribution in [0.1, 0.15) is 20.3 Å². The maximum atomic E-state index is 11.2. The van der Waals surface area contributed by atoms with E-state index in [0.717, 1.165) is 0 Å². The number of cyclic esters (lactones) is 1. The van der Waals surface area contributed by atoms with E-state index in [2.05, 4.69) is 0 Å². The maximum Gasteiger partial charge on any atom is 0.334 e. The van der Waals surface area contributed by atoms with E-state index >= 15 is 0 Å². The van der Waals surface area contributed by atoms with E-state index in [-0.39, 0.29) is 6.42 Å². The number of rotatable bonds is 2. The molecule has 0 fully saturated rings. The lowest BCUT2D eigenvalue weighted by atomic mass is 10.0. The van der Waals surface area contributed by atoms with Gasteiger partial charge in [-0.2, -0.15) is 0 Å². The number of carbonyl (C=O) groups is 1. The summed E-state index contributed by atoms with van der Waals surface area (Å²) in [6.45, 7) is 3.21. The molecule has 1 aliphatic rings. The Labute approximate surface area is 76.8 Å². The standard InChI is InChI=1S/C9H14O4/c1-5(10)3-7-4-8(11)6(2)13-9(7)12/h4-6,8,10-11H,3H2,1-2H3/t5-,6+,8-/m1/s1. The van der Waals surface area contributed by atoms with E-state index < -0.39 is 24.3 Å². The van der Waals surface area contributed by atoms with E-state index in [1.165, 1.54) is 6.08 Å². The number of carbonyl (C=O) groups excluding carboxylic acids is 1. The van der Waals surface area contributed by atoms with Crippen LogP contribution in [-0.2, 0) is 9.53 Å². The summed E-state index contributed by atoms with van der Waals surface area (Å²) in [6, 6.07) is 0. The van der Waals surface area contributed by atoms with Gasteiger partial charge in [0.2, 0.25) is 0 Å². The van der Waals surface area contributed by atoms with Gasteiger partial charge in [-0.15, -0.1) is 0 Å². The second kappa shape index (κ2) is 3.89. The lowest BCUT2D eigenvalue weighted by molar-refractivity contribution is -0.150. The van der Waals surface area contributed by atoms with Gasteiger partial charge in [0.05, 0.1) is 6.10 Å². The van der Waals surface area contributed by atoms with E-state index in [0.29, 0.717) is 5.57 Å². The van der Waals surface area contributed by atoms with Crippen LogP contribution < -0.4 is 0 Å². The van der Waals surface area contributed by atoms with Crippen LogP contribution >= 0.6 is 0 Å². The van der Waals surface area contributed by atoms with Gasteiger partial charge in [0, 0.05) is 12.0 Å². The van der Waals surface area contributed by atoms with Gasteiger partial charge in [-0.05, 0) is 19.9 Å². The fraction of sp³-hybridized carbons (Fsp3) is 0.667. The van der Waals surface area contributed by atoms with Crippen LogP contribution in [0.2, 0.25) is 0 Å². The molecule has 4 heteroatoms. The first-order chi connectivity index (χ1) is 6.00. The topological polar surface area (TPSA) is 66.8 Å². The van der Waals surface area contributed by atoms with Gasteiger partial charge < -0.3 is 14.9 Å². The molecule has 0 aromatic carbocycles. The summed E-state index contributed by atoms with van der Waals surface area (Å²) in [5.41, 5.74) is 0.348. The zero-order valence-corrected chi connectivity index (χ0v) is 7.73. The molecule has 0 radical (unpaired) electrons. The predicted octanol–water partition coefficient (Wildman–Crippen LogP) is -0.0101. The molecule has 1 aliphatic heterocycles. The van der Waals surface area contributed by atoms with Gasteiger partial charge in [0.1, 0.15) is 12.2 Å². The molecule has 0 bridgehead atoms. The Morgan fingerprint density at radius 3 is 2.85 bits per heavy atom. The van der Waals surface area contributed by atoms with E-state index in [1.54, 1.807) is 13.8 Å². The van der Waals surface area contributed by atoms with Crippen LogP contribution in [0.4, 0.5) is 0 Å². The smallest absolute Gasteiger partial charge is 0.334 e. The Morgan fingerprint density at radius 2 is 2.31 bits per heavy atom. The molecule has 0 aromatic rings. The molecule has 0 aliphatic carbocycles. The molecule has 0 spiro atoms. The molecule has 0 saturated carbocycles. The summed E-state index contributed by atoms with van der Waals surface area (Å²) >= 11 is 0. The molecular weight excluding hydrogens is 172 g/mol. The van der Waals surface area contributed by atoms with Gasteiger partial charge in [0.25, 0.3) is 0 Å². The van der Waals surface area contributed by atoms with E-state index in [4.69, 9.17) is 9.84 Å².